The van der Waals surface area contributed by atoms with E-state index in [0.717, 1.165) is 6.42 Å². The molecule has 1 aromatic rings. The average molecular weight is 227 g/mol. The quantitative estimate of drug-likeness (QED) is 0.833. The van der Waals surface area contributed by atoms with Crippen LogP contribution in [0.1, 0.15) is 43.9 Å². The highest BCUT2D eigenvalue weighted by atomic mass is 19.1. The molecule has 1 aromatic carbocycles. The van der Waals surface area contributed by atoms with Crippen LogP contribution in [-0.2, 0) is 0 Å². The van der Waals surface area contributed by atoms with Crippen molar-refractivity contribution in [2.45, 2.75) is 39.7 Å². The van der Waals surface area contributed by atoms with Gasteiger partial charge in [0.2, 0.25) is 0 Å². The first kappa shape index (κ1) is 13.1. The summed E-state index contributed by atoms with van der Waals surface area (Å²) in [7, 11) is 0. The molecule has 0 bridgehead atoms. The molecule has 0 spiro atoms. The molecule has 0 radical (unpaired) electrons. The first-order chi connectivity index (χ1) is 7.45. The molecule has 0 aliphatic rings. The normalized spacial score (nSPS) is 14.9. The van der Waals surface area contributed by atoms with Gasteiger partial charge in [0.05, 0.1) is 0 Å². The molecule has 2 atom stereocenters. The van der Waals surface area contributed by atoms with Gasteiger partial charge >= 0.3 is 0 Å². The van der Waals surface area contributed by atoms with Gasteiger partial charge < -0.3 is 5.73 Å². The van der Waals surface area contributed by atoms with Gasteiger partial charge in [-0.1, -0.05) is 20.3 Å². The molecule has 0 aliphatic carbocycles. The summed E-state index contributed by atoms with van der Waals surface area (Å²) < 4.78 is 26.9. The molecule has 1 nitrogen and oxygen atoms in total. The van der Waals surface area contributed by atoms with Crippen LogP contribution in [0.3, 0.4) is 0 Å². The zero-order valence-corrected chi connectivity index (χ0v) is 10.1. The zero-order valence-electron chi connectivity index (χ0n) is 10.1. The smallest absolute Gasteiger partial charge is 0.128 e. The molecule has 2 unspecified atom stereocenters. The highest BCUT2D eigenvalue weighted by Crippen LogP contribution is 2.25. The van der Waals surface area contributed by atoms with E-state index in [1.54, 1.807) is 6.92 Å². The van der Waals surface area contributed by atoms with Crippen molar-refractivity contribution in [3.8, 4) is 0 Å². The van der Waals surface area contributed by atoms with Crippen LogP contribution in [-0.4, -0.2) is 0 Å². The number of hydrogen-bond donors (Lipinski definition) is 1. The van der Waals surface area contributed by atoms with E-state index in [-0.39, 0.29) is 5.56 Å². The Morgan fingerprint density at radius 3 is 2.44 bits per heavy atom. The van der Waals surface area contributed by atoms with E-state index in [2.05, 4.69) is 13.8 Å². The van der Waals surface area contributed by atoms with Crippen molar-refractivity contribution in [2.75, 3.05) is 0 Å². The molecule has 16 heavy (non-hydrogen) atoms. The van der Waals surface area contributed by atoms with E-state index in [1.165, 1.54) is 12.1 Å². The van der Waals surface area contributed by atoms with Crippen molar-refractivity contribution in [2.24, 2.45) is 11.7 Å². The maximum Gasteiger partial charge on any atom is 0.128 e. The van der Waals surface area contributed by atoms with Crippen LogP contribution in [0.2, 0.25) is 0 Å². The Labute approximate surface area is 95.7 Å². The minimum atomic E-state index is -0.426. The first-order valence-electron chi connectivity index (χ1n) is 5.66. The molecule has 0 saturated heterocycles. The highest BCUT2D eigenvalue weighted by Gasteiger charge is 2.16. The van der Waals surface area contributed by atoms with E-state index in [1.807, 2.05) is 0 Å². The Kier molecular flexibility index (Phi) is 4.42. The molecule has 90 valence electrons. The minimum Gasteiger partial charge on any atom is -0.324 e. The van der Waals surface area contributed by atoms with E-state index >= 15 is 0 Å². The van der Waals surface area contributed by atoms with Crippen LogP contribution in [0.15, 0.2) is 12.1 Å². The summed E-state index contributed by atoms with van der Waals surface area (Å²) in [6.07, 6.45) is 1.67. The lowest BCUT2D eigenvalue weighted by atomic mass is 9.94. The third-order valence-corrected chi connectivity index (χ3v) is 3.03. The lowest BCUT2D eigenvalue weighted by Crippen LogP contribution is -2.16. The Morgan fingerprint density at radius 1 is 1.25 bits per heavy atom. The molecule has 3 heteroatoms. The van der Waals surface area contributed by atoms with Crippen molar-refractivity contribution in [3.05, 3.63) is 34.9 Å². The second-order valence-corrected chi connectivity index (χ2v) is 4.48. The topological polar surface area (TPSA) is 26.0 Å². The molecule has 1 rings (SSSR count). The standard InChI is InChI=1S/C13H19F2N/c1-4-8(2)5-13(16)10-7-11(14)9(3)6-12(10)15/h6-8,13H,4-5,16H2,1-3H3. The van der Waals surface area contributed by atoms with Gasteiger partial charge in [0.25, 0.3) is 0 Å². The molecule has 0 aromatic heterocycles. The van der Waals surface area contributed by atoms with Gasteiger partial charge in [-0.05, 0) is 37.0 Å². The van der Waals surface area contributed by atoms with Gasteiger partial charge in [-0.25, -0.2) is 8.78 Å². The van der Waals surface area contributed by atoms with E-state index in [4.69, 9.17) is 5.73 Å². The number of aryl methyl sites for hydroxylation is 1. The van der Waals surface area contributed by atoms with Crippen LogP contribution in [0.25, 0.3) is 0 Å². The summed E-state index contributed by atoms with van der Waals surface area (Å²) in [4.78, 5) is 0. The minimum absolute atomic E-state index is 0.281. The van der Waals surface area contributed by atoms with Crippen LogP contribution < -0.4 is 5.73 Å². The Hall–Kier alpha value is -0.960. The van der Waals surface area contributed by atoms with Crippen LogP contribution in [0, 0.1) is 24.5 Å². The van der Waals surface area contributed by atoms with Gasteiger partial charge in [0, 0.05) is 11.6 Å². The molecule has 0 heterocycles. The second-order valence-electron chi connectivity index (χ2n) is 4.48. The number of rotatable bonds is 4. The van der Waals surface area contributed by atoms with E-state index in [0.29, 0.717) is 17.9 Å². The third-order valence-electron chi connectivity index (χ3n) is 3.03. The van der Waals surface area contributed by atoms with Crippen molar-refractivity contribution in [1.82, 2.24) is 0 Å². The van der Waals surface area contributed by atoms with Crippen molar-refractivity contribution in [1.29, 1.82) is 0 Å². The van der Waals surface area contributed by atoms with Gasteiger partial charge in [-0.3, -0.25) is 0 Å². The lowest BCUT2D eigenvalue weighted by molar-refractivity contribution is 0.446. The zero-order chi connectivity index (χ0) is 12.3. The van der Waals surface area contributed by atoms with Gasteiger partial charge in [0.1, 0.15) is 11.6 Å². The molecule has 2 N–H and O–H groups in total. The van der Waals surface area contributed by atoms with E-state index < -0.39 is 17.7 Å². The molecule has 0 fully saturated rings. The lowest BCUT2D eigenvalue weighted by Gasteiger charge is -2.17. The number of nitrogens with two attached hydrogens (primary N) is 1. The number of halogens is 2. The molecular weight excluding hydrogens is 208 g/mol. The largest absolute Gasteiger partial charge is 0.324 e. The van der Waals surface area contributed by atoms with Gasteiger partial charge in [-0.15, -0.1) is 0 Å². The van der Waals surface area contributed by atoms with Crippen molar-refractivity contribution < 1.29 is 8.78 Å². The van der Waals surface area contributed by atoms with Crippen LogP contribution in [0.5, 0.6) is 0 Å². The second kappa shape index (κ2) is 5.39. The van der Waals surface area contributed by atoms with Crippen LogP contribution in [0.4, 0.5) is 8.78 Å². The van der Waals surface area contributed by atoms with Gasteiger partial charge in [-0.2, -0.15) is 0 Å². The van der Waals surface area contributed by atoms with Gasteiger partial charge in [0.15, 0.2) is 0 Å². The predicted octanol–water partition coefficient (Wildman–Crippen LogP) is 3.71. The summed E-state index contributed by atoms with van der Waals surface area (Å²) in [5, 5.41) is 0. The molecule has 0 amide bonds. The highest BCUT2D eigenvalue weighted by molar-refractivity contribution is 5.27. The Bertz CT molecular complexity index is 363. The predicted molar refractivity (Wildman–Crippen MR) is 62.1 cm³/mol. The molecule has 0 saturated carbocycles. The summed E-state index contributed by atoms with van der Waals surface area (Å²) in [6, 6.07) is 2.00. The fraction of sp³-hybridized carbons (Fsp3) is 0.538. The summed E-state index contributed by atoms with van der Waals surface area (Å²) in [5.41, 5.74) is 6.48. The summed E-state index contributed by atoms with van der Waals surface area (Å²) in [5.74, 6) is -0.385. The van der Waals surface area contributed by atoms with Crippen molar-refractivity contribution in [3.63, 3.8) is 0 Å². The fourth-order valence-electron chi connectivity index (χ4n) is 1.67. The molecular formula is C13H19F2N. The van der Waals surface area contributed by atoms with E-state index in [9.17, 15) is 8.78 Å². The SMILES string of the molecule is CCC(C)CC(N)c1cc(F)c(C)cc1F. The number of benzene rings is 1. The third kappa shape index (κ3) is 3.01. The average Bonchev–Trinajstić information content (AvgIpc) is 2.23. The maximum atomic E-state index is 13.6. The first-order valence-corrected chi connectivity index (χ1v) is 5.66. The summed E-state index contributed by atoms with van der Waals surface area (Å²) in [6.45, 7) is 5.66. The summed E-state index contributed by atoms with van der Waals surface area (Å²) >= 11 is 0. The van der Waals surface area contributed by atoms with Crippen molar-refractivity contribution >= 4 is 0 Å². The fourth-order valence-corrected chi connectivity index (χ4v) is 1.67. The number of hydrogen-bond acceptors (Lipinski definition) is 1. The monoisotopic (exact) mass is 227 g/mol. The Morgan fingerprint density at radius 2 is 1.88 bits per heavy atom. The Balaban J connectivity index is 2.91. The van der Waals surface area contributed by atoms with Crippen LogP contribution >= 0.6 is 0 Å². The molecule has 0 aliphatic heterocycles. The maximum absolute atomic E-state index is 13.6.